The first-order valence-electron chi connectivity index (χ1n) is 5.72. The standard InChI is InChI=1S/C14H18O3/c1-4-17-12-7-5-11(6-8-12)9-13(10(2)3)14(15)16/h5-10H,4H2,1-3H3,(H,15,16)/b13-9+. The van der Waals surface area contributed by atoms with Crippen molar-refractivity contribution in [3.63, 3.8) is 0 Å². The van der Waals surface area contributed by atoms with Gasteiger partial charge in [-0.2, -0.15) is 0 Å². The number of benzene rings is 1. The number of hydrogen-bond donors (Lipinski definition) is 1. The molecule has 92 valence electrons. The van der Waals surface area contributed by atoms with Crippen LogP contribution in [-0.4, -0.2) is 17.7 Å². The molecule has 0 spiro atoms. The molecule has 0 aliphatic rings. The van der Waals surface area contributed by atoms with Crippen molar-refractivity contribution in [1.82, 2.24) is 0 Å². The van der Waals surface area contributed by atoms with Crippen LogP contribution in [0.3, 0.4) is 0 Å². The summed E-state index contributed by atoms with van der Waals surface area (Å²) in [5.41, 5.74) is 1.29. The molecule has 3 nitrogen and oxygen atoms in total. The Labute approximate surface area is 102 Å². The highest BCUT2D eigenvalue weighted by Gasteiger charge is 2.11. The molecule has 1 N–H and O–H groups in total. The van der Waals surface area contributed by atoms with E-state index in [0.29, 0.717) is 12.2 Å². The van der Waals surface area contributed by atoms with Crippen molar-refractivity contribution in [1.29, 1.82) is 0 Å². The predicted octanol–water partition coefficient (Wildman–Crippen LogP) is 3.21. The second kappa shape index (κ2) is 6.09. The second-order valence-electron chi connectivity index (χ2n) is 4.06. The third-order valence-corrected chi connectivity index (χ3v) is 2.38. The number of rotatable bonds is 5. The van der Waals surface area contributed by atoms with Crippen molar-refractivity contribution in [3.05, 3.63) is 35.4 Å². The highest BCUT2D eigenvalue weighted by atomic mass is 16.5. The Morgan fingerprint density at radius 1 is 1.35 bits per heavy atom. The van der Waals surface area contributed by atoms with E-state index in [1.807, 2.05) is 45.0 Å². The van der Waals surface area contributed by atoms with E-state index in [1.54, 1.807) is 6.08 Å². The average Bonchev–Trinajstić information content (AvgIpc) is 2.27. The fourth-order valence-corrected chi connectivity index (χ4v) is 1.48. The maximum Gasteiger partial charge on any atom is 0.331 e. The summed E-state index contributed by atoms with van der Waals surface area (Å²) in [6.07, 6.45) is 1.70. The van der Waals surface area contributed by atoms with Gasteiger partial charge in [-0.05, 0) is 36.6 Å². The van der Waals surface area contributed by atoms with Crippen LogP contribution in [0, 0.1) is 5.92 Å². The fraction of sp³-hybridized carbons (Fsp3) is 0.357. The van der Waals surface area contributed by atoms with Crippen LogP contribution in [0.2, 0.25) is 0 Å². The van der Waals surface area contributed by atoms with Gasteiger partial charge >= 0.3 is 5.97 Å². The molecule has 0 saturated carbocycles. The van der Waals surface area contributed by atoms with Gasteiger partial charge in [0.25, 0.3) is 0 Å². The summed E-state index contributed by atoms with van der Waals surface area (Å²) in [4.78, 5) is 11.0. The van der Waals surface area contributed by atoms with Crippen molar-refractivity contribution in [3.8, 4) is 5.75 Å². The molecule has 0 aromatic heterocycles. The number of ether oxygens (including phenoxy) is 1. The van der Waals surface area contributed by atoms with Crippen LogP contribution in [0.15, 0.2) is 29.8 Å². The van der Waals surface area contributed by atoms with E-state index in [0.717, 1.165) is 11.3 Å². The summed E-state index contributed by atoms with van der Waals surface area (Å²) in [6, 6.07) is 7.40. The second-order valence-corrected chi connectivity index (χ2v) is 4.06. The van der Waals surface area contributed by atoms with Crippen LogP contribution in [0.5, 0.6) is 5.75 Å². The summed E-state index contributed by atoms with van der Waals surface area (Å²) in [5.74, 6) is -0.0703. The molecule has 0 saturated heterocycles. The largest absolute Gasteiger partial charge is 0.494 e. The highest BCUT2D eigenvalue weighted by Crippen LogP contribution is 2.18. The predicted molar refractivity (Wildman–Crippen MR) is 68.1 cm³/mol. The molecule has 0 aliphatic carbocycles. The number of carboxylic acids is 1. The smallest absolute Gasteiger partial charge is 0.331 e. The van der Waals surface area contributed by atoms with Gasteiger partial charge in [-0.3, -0.25) is 0 Å². The van der Waals surface area contributed by atoms with Gasteiger partial charge in [0, 0.05) is 5.57 Å². The molecule has 1 aromatic rings. The molecule has 0 amide bonds. The minimum atomic E-state index is -0.867. The average molecular weight is 234 g/mol. The molecule has 1 rings (SSSR count). The van der Waals surface area contributed by atoms with E-state index < -0.39 is 5.97 Å². The first kappa shape index (κ1) is 13.3. The lowest BCUT2D eigenvalue weighted by molar-refractivity contribution is -0.133. The number of aliphatic carboxylic acids is 1. The molecule has 0 unspecified atom stereocenters. The minimum Gasteiger partial charge on any atom is -0.494 e. The maximum atomic E-state index is 11.0. The van der Waals surface area contributed by atoms with E-state index in [-0.39, 0.29) is 5.92 Å². The Hall–Kier alpha value is -1.77. The van der Waals surface area contributed by atoms with Crippen molar-refractivity contribution in [2.75, 3.05) is 6.61 Å². The van der Waals surface area contributed by atoms with E-state index in [2.05, 4.69) is 0 Å². The number of carboxylic acid groups (broad SMARTS) is 1. The SMILES string of the molecule is CCOc1ccc(/C=C(/C(=O)O)C(C)C)cc1. The van der Waals surface area contributed by atoms with Crippen LogP contribution in [0.4, 0.5) is 0 Å². The molecule has 0 bridgehead atoms. The molecule has 0 fully saturated rings. The minimum absolute atomic E-state index is 0.000863. The first-order chi connectivity index (χ1) is 8.04. The zero-order chi connectivity index (χ0) is 12.8. The lowest BCUT2D eigenvalue weighted by atomic mass is 10.0. The lowest BCUT2D eigenvalue weighted by Crippen LogP contribution is -2.06. The number of hydrogen-bond acceptors (Lipinski definition) is 2. The third kappa shape index (κ3) is 3.94. The number of carbonyl (C=O) groups is 1. The lowest BCUT2D eigenvalue weighted by Gasteiger charge is -2.07. The van der Waals surface area contributed by atoms with Crippen molar-refractivity contribution in [2.45, 2.75) is 20.8 Å². The Morgan fingerprint density at radius 2 is 1.94 bits per heavy atom. The van der Waals surface area contributed by atoms with E-state index in [9.17, 15) is 4.79 Å². The Kier molecular flexibility index (Phi) is 4.76. The van der Waals surface area contributed by atoms with E-state index in [1.165, 1.54) is 0 Å². The molecule has 0 aliphatic heterocycles. The molecular weight excluding hydrogens is 216 g/mol. The van der Waals surface area contributed by atoms with Crippen LogP contribution in [-0.2, 0) is 4.79 Å². The zero-order valence-corrected chi connectivity index (χ0v) is 10.4. The van der Waals surface area contributed by atoms with Gasteiger partial charge in [-0.25, -0.2) is 4.79 Å². The first-order valence-corrected chi connectivity index (χ1v) is 5.72. The summed E-state index contributed by atoms with van der Waals surface area (Å²) < 4.78 is 5.32. The van der Waals surface area contributed by atoms with Crippen molar-refractivity contribution in [2.24, 2.45) is 5.92 Å². The van der Waals surface area contributed by atoms with Gasteiger partial charge in [0.2, 0.25) is 0 Å². The molecule has 1 aromatic carbocycles. The molecule has 17 heavy (non-hydrogen) atoms. The molecule has 3 heteroatoms. The summed E-state index contributed by atoms with van der Waals surface area (Å²) >= 11 is 0. The van der Waals surface area contributed by atoms with Gasteiger partial charge in [-0.1, -0.05) is 26.0 Å². The van der Waals surface area contributed by atoms with Gasteiger partial charge in [0.1, 0.15) is 5.75 Å². The van der Waals surface area contributed by atoms with E-state index in [4.69, 9.17) is 9.84 Å². The summed E-state index contributed by atoms with van der Waals surface area (Å²) in [5, 5.41) is 9.05. The van der Waals surface area contributed by atoms with Crippen LogP contribution in [0.25, 0.3) is 6.08 Å². The van der Waals surface area contributed by atoms with Gasteiger partial charge in [0.05, 0.1) is 6.61 Å². The molecular formula is C14H18O3. The maximum absolute atomic E-state index is 11.0. The van der Waals surface area contributed by atoms with Crippen LogP contribution < -0.4 is 4.74 Å². The molecule has 0 atom stereocenters. The van der Waals surface area contributed by atoms with Crippen LogP contribution >= 0.6 is 0 Å². The fourth-order valence-electron chi connectivity index (χ4n) is 1.48. The van der Waals surface area contributed by atoms with Gasteiger partial charge < -0.3 is 9.84 Å². The van der Waals surface area contributed by atoms with Gasteiger partial charge in [0.15, 0.2) is 0 Å². The Morgan fingerprint density at radius 3 is 2.35 bits per heavy atom. The third-order valence-electron chi connectivity index (χ3n) is 2.38. The summed E-state index contributed by atoms with van der Waals surface area (Å²) in [6.45, 7) is 6.29. The Balaban J connectivity index is 2.92. The van der Waals surface area contributed by atoms with E-state index >= 15 is 0 Å². The van der Waals surface area contributed by atoms with Crippen LogP contribution in [0.1, 0.15) is 26.3 Å². The van der Waals surface area contributed by atoms with Gasteiger partial charge in [-0.15, -0.1) is 0 Å². The normalized spacial score (nSPS) is 11.6. The monoisotopic (exact) mass is 234 g/mol. The topological polar surface area (TPSA) is 46.5 Å². The van der Waals surface area contributed by atoms with Crippen molar-refractivity contribution < 1.29 is 14.6 Å². The highest BCUT2D eigenvalue weighted by molar-refractivity contribution is 5.92. The van der Waals surface area contributed by atoms with Crippen molar-refractivity contribution >= 4 is 12.0 Å². The molecule has 0 radical (unpaired) electrons. The summed E-state index contributed by atoms with van der Waals surface area (Å²) in [7, 11) is 0. The Bertz CT molecular complexity index is 402. The quantitative estimate of drug-likeness (QED) is 0.796. The zero-order valence-electron chi connectivity index (χ0n) is 10.4. The molecule has 0 heterocycles.